The van der Waals surface area contributed by atoms with E-state index in [-0.39, 0.29) is 5.91 Å². The first-order valence-corrected chi connectivity index (χ1v) is 9.41. The van der Waals surface area contributed by atoms with E-state index < -0.39 is 0 Å². The van der Waals surface area contributed by atoms with Crippen molar-refractivity contribution in [2.75, 3.05) is 26.1 Å². The van der Waals surface area contributed by atoms with Crippen molar-refractivity contribution in [3.63, 3.8) is 0 Å². The highest BCUT2D eigenvalue weighted by atomic mass is 16.5. The summed E-state index contributed by atoms with van der Waals surface area (Å²) in [5.74, 6) is 1.48. The van der Waals surface area contributed by atoms with Crippen LogP contribution in [0.5, 0.6) is 11.5 Å². The quantitative estimate of drug-likeness (QED) is 0.582. The average Bonchev–Trinajstić information content (AvgIpc) is 2.78. The van der Waals surface area contributed by atoms with E-state index in [0.29, 0.717) is 18.7 Å². The Balaban J connectivity index is 1.54. The number of rotatable bonds is 9. The second kappa shape index (κ2) is 10.1. The zero-order valence-electron chi connectivity index (χ0n) is 16.6. The van der Waals surface area contributed by atoms with Crippen LogP contribution in [0.1, 0.15) is 21.5 Å². The van der Waals surface area contributed by atoms with Gasteiger partial charge in [0.25, 0.3) is 5.91 Å². The van der Waals surface area contributed by atoms with Gasteiger partial charge in [0.15, 0.2) is 0 Å². The van der Waals surface area contributed by atoms with Gasteiger partial charge in [0.05, 0.1) is 25.5 Å². The minimum atomic E-state index is -0.152. The van der Waals surface area contributed by atoms with Crippen molar-refractivity contribution < 1.29 is 14.3 Å². The Morgan fingerprint density at radius 3 is 2.69 bits per heavy atom. The Hall–Kier alpha value is -3.54. The third-order valence-electron chi connectivity index (χ3n) is 4.51. The van der Waals surface area contributed by atoms with Crippen molar-refractivity contribution in [3.05, 3.63) is 83.7 Å². The highest BCUT2D eigenvalue weighted by molar-refractivity contribution is 5.94. The van der Waals surface area contributed by atoms with Gasteiger partial charge >= 0.3 is 0 Å². The zero-order chi connectivity index (χ0) is 20.5. The largest absolute Gasteiger partial charge is 0.497 e. The second-order valence-electron chi connectivity index (χ2n) is 6.49. The summed E-state index contributed by atoms with van der Waals surface area (Å²) >= 11 is 0. The standard InChI is InChI=1S/C23H25N3O3/c1-28-21-8-5-6-17(12-21)10-11-25-23(27)19-13-20(16-24-14-19)26-15-18-7-3-4-9-22(18)29-2/h3-9,12-14,16,26H,10-11,15H2,1-2H3,(H,25,27). The van der Waals surface area contributed by atoms with Gasteiger partial charge in [-0.05, 0) is 36.2 Å². The van der Waals surface area contributed by atoms with Gasteiger partial charge in [0.2, 0.25) is 0 Å². The molecular weight excluding hydrogens is 366 g/mol. The summed E-state index contributed by atoms with van der Waals surface area (Å²) in [6.07, 6.45) is 3.99. The fourth-order valence-corrected chi connectivity index (χ4v) is 2.96. The molecule has 0 saturated carbocycles. The summed E-state index contributed by atoms with van der Waals surface area (Å²) in [5, 5.41) is 6.23. The van der Waals surface area contributed by atoms with Gasteiger partial charge in [0.1, 0.15) is 11.5 Å². The van der Waals surface area contributed by atoms with Gasteiger partial charge < -0.3 is 20.1 Å². The van der Waals surface area contributed by atoms with Crippen LogP contribution in [0.25, 0.3) is 0 Å². The number of carbonyl (C=O) groups is 1. The van der Waals surface area contributed by atoms with Crippen molar-refractivity contribution in [2.24, 2.45) is 0 Å². The molecule has 0 saturated heterocycles. The number of nitrogens with one attached hydrogen (secondary N) is 2. The number of anilines is 1. The Labute approximate surface area is 170 Å². The molecule has 0 aliphatic heterocycles. The highest BCUT2D eigenvalue weighted by Gasteiger charge is 2.08. The number of methoxy groups -OCH3 is 2. The predicted molar refractivity (Wildman–Crippen MR) is 114 cm³/mol. The van der Waals surface area contributed by atoms with E-state index in [1.54, 1.807) is 32.7 Å². The molecule has 0 atom stereocenters. The van der Waals surface area contributed by atoms with Gasteiger partial charge in [-0.3, -0.25) is 9.78 Å². The first-order chi connectivity index (χ1) is 14.2. The molecule has 2 N–H and O–H groups in total. The molecule has 1 amide bonds. The summed E-state index contributed by atoms with van der Waals surface area (Å²) in [4.78, 5) is 16.6. The van der Waals surface area contributed by atoms with E-state index in [4.69, 9.17) is 9.47 Å². The van der Waals surface area contributed by atoms with Crippen LogP contribution in [-0.2, 0) is 13.0 Å². The Morgan fingerprint density at radius 2 is 1.86 bits per heavy atom. The van der Waals surface area contributed by atoms with Gasteiger partial charge in [-0.2, -0.15) is 0 Å². The number of carbonyl (C=O) groups excluding carboxylic acids is 1. The van der Waals surface area contributed by atoms with Gasteiger partial charge in [0, 0.05) is 31.0 Å². The van der Waals surface area contributed by atoms with Crippen LogP contribution >= 0.6 is 0 Å². The molecule has 0 spiro atoms. The minimum absolute atomic E-state index is 0.152. The molecule has 2 aromatic carbocycles. The van der Waals surface area contributed by atoms with E-state index >= 15 is 0 Å². The number of aromatic nitrogens is 1. The predicted octanol–water partition coefficient (Wildman–Crippen LogP) is 3.68. The van der Waals surface area contributed by atoms with E-state index in [0.717, 1.165) is 34.7 Å². The maximum Gasteiger partial charge on any atom is 0.252 e. The number of hydrogen-bond acceptors (Lipinski definition) is 5. The lowest BCUT2D eigenvalue weighted by molar-refractivity contribution is 0.0954. The van der Waals surface area contributed by atoms with Crippen molar-refractivity contribution in [3.8, 4) is 11.5 Å². The monoisotopic (exact) mass is 391 g/mol. The number of pyridine rings is 1. The molecule has 0 radical (unpaired) electrons. The number of nitrogens with zero attached hydrogens (tertiary/aromatic N) is 1. The van der Waals surface area contributed by atoms with Crippen LogP contribution in [0.2, 0.25) is 0 Å². The molecular formula is C23H25N3O3. The molecule has 1 heterocycles. The topological polar surface area (TPSA) is 72.5 Å². The van der Waals surface area contributed by atoms with Crippen LogP contribution in [0, 0.1) is 0 Å². The molecule has 6 heteroatoms. The molecule has 6 nitrogen and oxygen atoms in total. The normalized spacial score (nSPS) is 10.3. The number of benzene rings is 2. The first-order valence-electron chi connectivity index (χ1n) is 9.41. The van der Waals surface area contributed by atoms with Crippen LogP contribution in [0.3, 0.4) is 0 Å². The molecule has 0 aliphatic rings. The lowest BCUT2D eigenvalue weighted by Gasteiger charge is -2.11. The Morgan fingerprint density at radius 1 is 1.00 bits per heavy atom. The van der Waals surface area contributed by atoms with Crippen molar-refractivity contribution >= 4 is 11.6 Å². The fourth-order valence-electron chi connectivity index (χ4n) is 2.96. The summed E-state index contributed by atoms with van der Waals surface area (Å²) < 4.78 is 10.6. The molecule has 0 fully saturated rings. The Kier molecular flexibility index (Phi) is 7.05. The van der Waals surface area contributed by atoms with Crippen LogP contribution in [-0.4, -0.2) is 31.7 Å². The Bertz CT molecular complexity index is 959. The lowest BCUT2D eigenvalue weighted by atomic mass is 10.1. The second-order valence-corrected chi connectivity index (χ2v) is 6.49. The minimum Gasteiger partial charge on any atom is -0.497 e. The number of amides is 1. The van der Waals surface area contributed by atoms with Crippen LogP contribution in [0.4, 0.5) is 5.69 Å². The maximum absolute atomic E-state index is 12.5. The third kappa shape index (κ3) is 5.72. The van der Waals surface area contributed by atoms with Gasteiger partial charge in [-0.25, -0.2) is 0 Å². The first kappa shape index (κ1) is 20.2. The maximum atomic E-state index is 12.5. The van der Waals surface area contributed by atoms with Crippen molar-refractivity contribution in [1.82, 2.24) is 10.3 Å². The number of ether oxygens (including phenoxy) is 2. The molecule has 0 unspecified atom stereocenters. The molecule has 0 aliphatic carbocycles. The molecule has 3 rings (SSSR count). The highest BCUT2D eigenvalue weighted by Crippen LogP contribution is 2.19. The fraction of sp³-hybridized carbons (Fsp3) is 0.217. The van der Waals surface area contributed by atoms with E-state index in [1.165, 1.54) is 0 Å². The zero-order valence-corrected chi connectivity index (χ0v) is 16.6. The van der Waals surface area contributed by atoms with E-state index in [2.05, 4.69) is 15.6 Å². The lowest BCUT2D eigenvalue weighted by Crippen LogP contribution is -2.25. The van der Waals surface area contributed by atoms with Gasteiger partial charge in [-0.15, -0.1) is 0 Å². The van der Waals surface area contributed by atoms with Crippen LogP contribution < -0.4 is 20.1 Å². The summed E-state index contributed by atoms with van der Waals surface area (Å²) in [5.41, 5.74) is 3.43. The van der Waals surface area contributed by atoms with Crippen molar-refractivity contribution in [1.29, 1.82) is 0 Å². The van der Waals surface area contributed by atoms with Crippen molar-refractivity contribution in [2.45, 2.75) is 13.0 Å². The summed E-state index contributed by atoms with van der Waals surface area (Å²) in [6.45, 7) is 1.11. The third-order valence-corrected chi connectivity index (χ3v) is 4.51. The van der Waals surface area contributed by atoms with E-state index in [9.17, 15) is 4.79 Å². The molecule has 29 heavy (non-hydrogen) atoms. The van der Waals surface area contributed by atoms with Gasteiger partial charge in [-0.1, -0.05) is 30.3 Å². The molecule has 3 aromatic rings. The SMILES string of the molecule is COc1cccc(CCNC(=O)c2cncc(NCc3ccccc3OC)c2)c1. The summed E-state index contributed by atoms with van der Waals surface area (Å²) in [7, 11) is 3.29. The molecule has 0 bridgehead atoms. The smallest absolute Gasteiger partial charge is 0.252 e. The number of hydrogen-bond donors (Lipinski definition) is 2. The van der Waals surface area contributed by atoms with Crippen LogP contribution in [0.15, 0.2) is 67.0 Å². The summed E-state index contributed by atoms with van der Waals surface area (Å²) in [6, 6.07) is 17.4. The molecule has 150 valence electrons. The number of para-hydroxylation sites is 1. The average molecular weight is 391 g/mol. The molecule has 1 aromatic heterocycles. The van der Waals surface area contributed by atoms with E-state index in [1.807, 2.05) is 48.5 Å².